The van der Waals surface area contributed by atoms with E-state index in [4.69, 9.17) is 11.6 Å². The van der Waals surface area contributed by atoms with Gasteiger partial charge in [0.1, 0.15) is 0 Å². The van der Waals surface area contributed by atoms with E-state index < -0.39 is 11.7 Å². The molecule has 0 radical (unpaired) electrons. The number of carbonyl (C=O) groups excluding carboxylic acids is 2. The number of likely N-dealkylation sites (tertiary alicyclic amines) is 1. The zero-order valence-electron chi connectivity index (χ0n) is 15.0. The molecule has 1 N–H and O–H groups in total. The molecule has 1 amide bonds. The highest BCUT2D eigenvalue weighted by atomic mass is 35.5. The number of aromatic amines is 1. The third-order valence-corrected chi connectivity index (χ3v) is 5.59. The predicted octanol–water partition coefficient (Wildman–Crippen LogP) is 4.49. The number of halogens is 1. The number of amides is 1. The lowest BCUT2D eigenvalue weighted by Gasteiger charge is -2.31. The molecule has 2 aromatic carbocycles. The number of hydrogen-bond acceptors (Lipinski definition) is 2. The summed E-state index contributed by atoms with van der Waals surface area (Å²) in [5.41, 5.74) is 2.52. The van der Waals surface area contributed by atoms with Gasteiger partial charge >= 0.3 is 0 Å². The van der Waals surface area contributed by atoms with Gasteiger partial charge in [-0.15, -0.1) is 0 Å². The maximum atomic E-state index is 12.7. The van der Waals surface area contributed by atoms with Crippen LogP contribution in [0.1, 0.15) is 28.8 Å². The maximum absolute atomic E-state index is 12.7. The van der Waals surface area contributed by atoms with Crippen LogP contribution in [0.3, 0.4) is 0 Å². The van der Waals surface area contributed by atoms with E-state index in [1.54, 1.807) is 23.2 Å². The van der Waals surface area contributed by atoms with E-state index in [1.807, 2.05) is 12.1 Å². The molecule has 5 heteroatoms. The monoisotopic (exact) mass is 380 g/mol. The zero-order valence-corrected chi connectivity index (χ0v) is 15.7. The number of ketones is 1. The van der Waals surface area contributed by atoms with Crippen LogP contribution in [0, 0.1) is 5.92 Å². The molecule has 27 heavy (non-hydrogen) atoms. The van der Waals surface area contributed by atoms with Crippen LogP contribution in [0.15, 0.2) is 54.7 Å². The Morgan fingerprint density at radius 1 is 1.07 bits per heavy atom. The van der Waals surface area contributed by atoms with Gasteiger partial charge in [-0.25, -0.2) is 0 Å². The molecular weight excluding hydrogens is 360 g/mol. The Balaban J connectivity index is 1.41. The topological polar surface area (TPSA) is 53.2 Å². The Kier molecular flexibility index (Phi) is 4.99. The van der Waals surface area contributed by atoms with E-state index in [1.165, 1.54) is 5.56 Å². The lowest BCUT2D eigenvalue weighted by molar-refractivity contribution is -0.127. The number of piperidine rings is 1. The lowest BCUT2D eigenvalue weighted by Crippen LogP contribution is -2.42. The van der Waals surface area contributed by atoms with Gasteiger partial charge in [-0.05, 0) is 48.9 Å². The van der Waals surface area contributed by atoms with Crippen molar-refractivity contribution in [3.63, 3.8) is 0 Å². The fraction of sp³-hybridized carbons (Fsp3) is 0.273. The van der Waals surface area contributed by atoms with E-state index in [0.29, 0.717) is 35.0 Å². The molecule has 1 fully saturated rings. The van der Waals surface area contributed by atoms with E-state index in [2.05, 4.69) is 29.2 Å². The number of carbonyl (C=O) groups is 2. The summed E-state index contributed by atoms with van der Waals surface area (Å²) in [5.74, 6) is -0.336. The Morgan fingerprint density at radius 2 is 1.81 bits per heavy atom. The molecule has 0 spiro atoms. The molecule has 4 nitrogen and oxygen atoms in total. The van der Waals surface area contributed by atoms with Crippen molar-refractivity contribution in [1.29, 1.82) is 0 Å². The summed E-state index contributed by atoms with van der Waals surface area (Å²) in [6.07, 6.45) is 4.47. The quantitative estimate of drug-likeness (QED) is 0.535. The Morgan fingerprint density at radius 3 is 2.56 bits per heavy atom. The first-order chi connectivity index (χ1) is 13.1. The van der Waals surface area contributed by atoms with Crippen LogP contribution < -0.4 is 0 Å². The van der Waals surface area contributed by atoms with E-state index >= 15 is 0 Å². The van der Waals surface area contributed by atoms with Gasteiger partial charge in [0.15, 0.2) is 0 Å². The Labute approximate surface area is 163 Å². The number of benzene rings is 2. The molecule has 1 saturated heterocycles. The maximum Gasteiger partial charge on any atom is 0.295 e. The second kappa shape index (κ2) is 7.57. The number of Topliss-reactive ketones (excluding diaryl/α,β-unsaturated/α-hetero) is 1. The normalized spacial score (nSPS) is 15.2. The summed E-state index contributed by atoms with van der Waals surface area (Å²) in [6.45, 7) is 1.26. The molecule has 1 aliphatic rings. The van der Waals surface area contributed by atoms with Crippen LogP contribution in [0.5, 0.6) is 0 Å². The van der Waals surface area contributed by atoms with Crippen LogP contribution in [-0.2, 0) is 11.2 Å². The van der Waals surface area contributed by atoms with Crippen LogP contribution in [0.4, 0.5) is 0 Å². The second-order valence-corrected chi connectivity index (χ2v) is 7.58. The lowest BCUT2D eigenvalue weighted by atomic mass is 9.90. The summed E-state index contributed by atoms with van der Waals surface area (Å²) in [7, 11) is 0. The fourth-order valence-corrected chi connectivity index (χ4v) is 4.00. The average molecular weight is 381 g/mol. The van der Waals surface area contributed by atoms with Gasteiger partial charge in [0.2, 0.25) is 0 Å². The smallest absolute Gasteiger partial charge is 0.295 e. The standard InChI is InChI=1S/C22H21ClN2O2/c23-17-6-7-20-18(13-17)19(14-24-20)21(26)22(27)25-10-8-16(9-11-25)12-15-4-2-1-3-5-15/h1-7,13-14,16,24H,8-12H2. The van der Waals surface area contributed by atoms with Crippen molar-refractivity contribution in [3.8, 4) is 0 Å². The summed E-state index contributed by atoms with van der Waals surface area (Å²) in [4.78, 5) is 30.2. The number of nitrogens with one attached hydrogen (secondary N) is 1. The first kappa shape index (κ1) is 17.8. The molecule has 0 atom stereocenters. The second-order valence-electron chi connectivity index (χ2n) is 7.15. The zero-order chi connectivity index (χ0) is 18.8. The van der Waals surface area contributed by atoms with Crippen molar-refractivity contribution >= 4 is 34.2 Å². The van der Waals surface area contributed by atoms with Crippen molar-refractivity contribution in [2.75, 3.05) is 13.1 Å². The third-order valence-electron chi connectivity index (χ3n) is 5.35. The van der Waals surface area contributed by atoms with Gasteiger partial charge in [0.25, 0.3) is 11.7 Å². The van der Waals surface area contributed by atoms with Gasteiger partial charge in [-0.2, -0.15) is 0 Å². The van der Waals surface area contributed by atoms with E-state index in [9.17, 15) is 9.59 Å². The SMILES string of the molecule is O=C(C(=O)N1CCC(Cc2ccccc2)CC1)c1c[nH]c2ccc(Cl)cc12. The Hall–Kier alpha value is -2.59. The summed E-state index contributed by atoms with van der Waals surface area (Å²) < 4.78 is 0. The van der Waals surface area contributed by atoms with Crippen LogP contribution in [0.25, 0.3) is 10.9 Å². The minimum absolute atomic E-state index is 0.393. The van der Waals surface area contributed by atoms with Crippen molar-refractivity contribution in [2.45, 2.75) is 19.3 Å². The highest BCUT2D eigenvalue weighted by Gasteiger charge is 2.29. The molecule has 3 aromatic rings. The van der Waals surface area contributed by atoms with Crippen molar-refractivity contribution < 1.29 is 9.59 Å². The van der Waals surface area contributed by atoms with Crippen LogP contribution in [-0.4, -0.2) is 34.7 Å². The van der Waals surface area contributed by atoms with Crippen LogP contribution in [0.2, 0.25) is 5.02 Å². The number of rotatable bonds is 4. The number of aromatic nitrogens is 1. The molecular formula is C22H21ClN2O2. The molecule has 1 aliphatic heterocycles. The molecule has 1 aromatic heterocycles. The van der Waals surface area contributed by atoms with Gasteiger partial charge < -0.3 is 9.88 Å². The minimum atomic E-state index is -0.468. The Bertz CT molecular complexity index is 972. The predicted molar refractivity (Wildman–Crippen MR) is 107 cm³/mol. The molecule has 0 unspecified atom stereocenters. The molecule has 0 aliphatic carbocycles. The highest BCUT2D eigenvalue weighted by Crippen LogP contribution is 2.25. The van der Waals surface area contributed by atoms with Crippen molar-refractivity contribution in [3.05, 3.63) is 70.9 Å². The molecule has 0 bridgehead atoms. The molecule has 2 heterocycles. The molecule has 138 valence electrons. The average Bonchev–Trinajstić information content (AvgIpc) is 3.11. The van der Waals surface area contributed by atoms with E-state index in [-0.39, 0.29) is 0 Å². The number of H-pyrrole nitrogens is 1. The van der Waals surface area contributed by atoms with E-state index in [0.717, 1.165) is 24.8 Å². The summed E-state index contributed by atoms with van der Waals surface area (Å²) in [5, 5.41) is 1.24. The van der Waals surface area contributed by atoms with Gasteiger partial charge in [0.05, 0.1) is 5.56 Å². The van der Waals surface area contributed by atoms with Gasteiger partial charge in [0, 0.05) is 35.2 Å². The summed E-state index contributed by atoms with van der Waals surface area (Å²) >= 11 is 6.04. The third kappa shape index (κ3) is 3.76. The first-order valence-electron chi connectivity index (χ1n) is 9.26. The molecule has 0 saturated carbocycles. The van der Waals surface area contributed by atoms with Gasteiger partial charge in [-0.1, -0.05) is 41.9 Å². The fourth-order valence-electron chi connectivity index (χ4n) is 3.83. The molecule has 4 rings (SSSR count). The van der Waals surface area contributed by atoms with Crippen LogP contribution >= 0.6 is 11.6 Å². The first-order valence-corrected chi connectivity index (χ1v) is 9.64. The minimum Gasteiger partial charge on any atom is -0.360 e. The number of fused-ring (bicyclic) bond motifs is 1. The van der Waals surface area contributed by atoms with Gasteiger partial charge in [-0.3, -0.25) is 9.59 Å². The summed E-state index contributed by atoms with van der Waals surface area (Å²) in [6, 6.07) is 15.7. The number of hydrogen-bond donors (Lipinski definition) is 1. The van der Waals surface area contributed by atoms with Crippen molar-refractivity contribution in [1.82, 2.24) is 9.88 Å². The number of nitrogens with zero attached hydrogens (tertiary/aromatic N) is 1. The highest BCUT2D eigenvalue weighted by molar-refractivity contribution is 6.45. The van der Waals surface area contributed by atoms with Crippen molar-refractivity contribution in [2.24, 2.45) is 5.92 Å². The largest absolute Gasteiger partial charge is 0.360 e.